The molecule has 18 heavy (non-hydrogen) atoms. The van der Waals surface area contributed by atoms with Crippen LogP contribution in [-0.2, 0) is 11.8 Å². The molecule has 3 heteroatoms. The van der Waals surface area contributed by atoms with Crippen LogP contribution in [0, 0.1) is 0 Å². The summed E-state index contributed by atoms with van der Waals surface area (Å²) in [6.07, 6.45) is 3.52. The van der Waals surface area contributed by atoms with E-state index in [9.17, 15) is 0 Å². The molecule has 1 aromatic carbocycles. The average molecular weight is 322 g/mol. The first kappa shape index (κ1) is 12.4. The lowest BCUT2D eigenvalue weighted by molar-refractivity contribution is 0.704. The molecular formula is C15H16BrNS. The van der Waals surface area contributed by atoms with Crippen LogP contribution in [0.3, 0.4) is 0 Å². The molecule has 2 aromatic rings. The van der Waals surface area contributed by atoms with Gasteiger partial charge in [-0.15, -0.1) is 11.3 Å². The molecule has 3 rings (SSSR count). The Kier molecular flexibility index (Phi) is 3.31. The fourth-order valence-corrected chi connectivity index (χ4v) is 3.90. The van der Waals surface area contributed by atoms with Crippen LogP contribution in [0.25, 0.3) is 0 Å². The summed E-state index contributed by atoms with van der Waals surface area (Å²) < 4.78 is 1.20. The topological polar surface area (TPSA) is 26.0 Å². The first-order chi connectivity index (χ1) is 8.72. The van der Waals surface area contributed by atoms with Crippen LogP contribution < -0.4 is 5.73 Å². The second kappa shape index (κ2) is 4.80. The Bertz CT molecular complexity index is 540. The van der Waals surface area contributed by atoms with E-state index in [0.717, 1.165) is 13.0 Å². The van der Waals surface area contributed by atoms with E-state index < -0.39 is 0 Å². The minimum Gasteiger partial charge on any atom is -0.330 e. The third-order valence-corrected chi connectivity index (χ3v) is 5.44. The lowest BCUT2D eigenvalue weighted by atomic mass is 9.95. The first-order valence-corrected chi connectivity index (χ1v) is 7.86. The summed E-state index contributed by atoms with van der Waals surface area (Å²) in [6.45, 7) is 0.782. The summed E-state index contributed by atoms with van der Waals surface area (Å²) in [5, 5.41) is 0. The Balaban J connectivity index is 1.75. The largest absolute Gasteiger partial charge is 0.330 e. The zero-order chi connectivity index (χ0) is 12.6. The molecule has 1 nitrogen and oxygen atoms in total. The molecular weight excluding hydrogens is 306 g/mol. The van der Waals surface area contributed by atoms with Crippen LogP contribution in [-0.4, -0.2) is 6.54 Å². The molecule has 0 aliphatic heterocycles. The molecule has 1 aromatic heterocycles. The smallest absolute Gasteiger partial charge is 0.0701 e. The van der Waals surface area contributed by atoms with Crippen LogP contribution in [0.15, 0.2) is 40.2 Å². The average Bonchev–Trinajstić information content (AvgIpc) is 3.09. The molecule has 2 N–H and O–H groups in total. The third kappa shape index (κ3) is 2.40. The van der Waals surface area contributed by atoms with E-state index >= 15 is 0 Å². The number of hydrogen-bond donors (Lipinski definition) is 1. The van der Waals surface area contributed by atoms with Gasteiger partial charge in [0.05, 0.1) is 3.79 Å². The van der Waals surface area contributed by atoms with Gasteiger partial charge in [-0.05, 0) is 52.0 Å². The number of halogens is 1. The monoisotopic (exact) mass is 321 g/mol. The molecule has 1 aliphatic rings. The molecule has 0 unspecified atom stereocenters. The highest BCUT2D eigenvalue weighted by atomic mass is 79.9. The Labute approximate surface area is 120 Å². The first-order valence-electron chi connectivity index (χ1n) is 6.26. The second-order valence-corrected chi connectivity index (χ2v) is 7.61. The highest BCUT2D eigenvalue weighted by Crippen LogP contribution is 2.47. The molecule has 0 radical (unpaired) electrons. The van der Waals surface area contributed by atoms with E-state index in [-0.39, 0.29) is 0 Å². The molecule has 0 bridgehead atoms. The van der Waals surface area contributed by atoms with Gasteiger partial charge in [-0.25, -0.2) is 0 Å². The van der Waals surface area contributed by atoms with E-state index in [0.29, 0.717) is 5.41 Å². The Morgan fingerprint density at radius 3 is 2.33 bits per heavy atom. The van der Waals surface area contributed by atoms with Crippen molar-refractivity contribution in [2.24, 2.45) is 5.73 Å². The molecule has 0 spiro atoms. The van der Waals surface area contributed by atoms with Crippen LogP contribution in [0.1, 0.15) is 28.8 Å². The zero-order valence-electron chi connectivity index (χ0n) is 10.2. The molecule has 94 valence electrons. The Morgan fingerprint density at radius 1 is 1.11 bits per heavy atom. The molecule has 0 atom stereocenters. The number of benzene rings is 1. The lowest BCUT2D eigenvalue weighted by Crippen LogP contribution is -2.19. The normalized spacial score (nSPS) is 16.8. The van der Waals surface area contributed by atoms with Crippen molar-refractivity contribution in [2.45, 2.75) is 24.7 Å². The van der Waals surface area contributed by atoms with Crippen molar-refractivity contribution < 1.29 is 0 Å². The fourth-order valence-electron chi connectivity index (χ4n) is 2.39. The quantitative estimate of drug-likeness (QED) is 0.901. The van der Waals surface area contributed by atoms with Crippen molar-refractivity contribution in [3.05, 3.63) is 56.2 Å². The molecule has 1 aliphatic carbocycles. The predicted molar refractivity (Wildman–Crippen MR) is 81.2 cm³/mol. The van der Waals surface area contributed by atoms with Gasteiger partial charge in [-0.2, -0.15) is 0 Å². The lowest BCUT2D eigenvalue weighted by Gasteiger charge is -2.13. The zero-order valence-corrected chi connectivity index (χ0v) is 12.6. The van der Waals surface area contributed by atoms with Gasteiger partial charge < -0.3 is 5.73 Å². The summed E-state index contributed by atoms with van der Waals surface area (Å²) in [5.74, 6) is 0. The Hall–Kier alpha value is -0.640. The summed E-state index contributed by atoms with van der Waals surface area (Å²) in [6, 6.07) is 13.3. The summed E-state index contributed by atoms with van der Waals surface area (Å²) in [4.78, 5) is 1.40. The van der Waals surface area contributed by atoms with Crippen molar-refractivity contribution >= 4 is 27.3 Å². The van der Waals surface area contributed by atoms with Crippen molar-refractivity contribution in [1.82, 2.24) is 0 Å². The summed E-state index contributed by atoms with van der Waals surface area (Å²) in [7, 11) is 0. The van der Waals surface area contributed by atoms with Crippen molar-refractivity contribution in [1.29, 1.82) is 0 Å². The van der Waals surface area contributed by atoms with E-state index in [4.69, 9.17) is 5.73 Å². The predicted octanol–water partition coefficient (Wildman–Crippen LogP) is 4.09. The maximum Gasteiger partial charge on any atom is 0.0701 e. The van der Waals surface area contributed by atoms with Gasteiger partial charge in [-0.3, -0.25) is 0 Å². The van der Waals surface area contributed by atoms with E-state index in [1.54, 1.807) is 11.3 Å². The van der Waals surface area contributed by atoms with Crippen LogP contribution in [0.2, 0.25) is 0 Å². The molecule has 0 saturated heterocycles. The maximum absolute atomic E-state index is 5.86. The van der Waals surface area contributed by atoms with E-state index in [1.807, 2.05) is 0 Å². The van der Waals surface area contributed by atoms with Gasteiger partial charge in [0.1, 0.15) is 0 Å². The fraction of sp³-hybridized carbons (Fsp3) is 0.333. The highest BCUT2D eigenvalue weighted by Gasteiger charge is 2.42. The number of rotatable bonds is 4. The van der Waals surface area contributed by atoms with Crippen LogP contribution in [0.4, 0.5) is 0 Å². The van der Waals surface area contributed by atoms with Gasteiger partial charge >= 0.3 is 0 Å². The SMILES string of the molecule is NCC1(c2ccc(Cc3ccc(Br)s3)cc2)CC1. The highest BCUT2D eigenvalue weighted by molar-refractivity contribution is 9.11. The standard InChI is InChI=1S/C15H16BrNS/c16-14-6-5-13(18-14)9-11-1-3-12(4-2-11)15(10-17)7-8-15/h1-6H,7-10,17H2. The number of hydrogen-bond acceptors (Lipinski definition) is 2. The Morgan fingerprint density at radius 2 is 1.83 bits per heavy atom. The van der Waals surface area contributed by atoms with Crippen LogP contribution in [0.5, 0.6) is 0 Å². The third-order valence-electron chi connectivity index (χ3n) is 3.82. The molecule has 1 saturated carbocycles. The van der Waals surface area contributed by atoms with Crippen molar-refractivity contribution in [3.8, 4) is 0 Å². The van der Waals surface area contributed by atoms with Crippen LogP contribution >= 0.6 is 27.3 Å². The molecule has 1 fully saturated rings. The number of thiophene rings is 1. The minimum atomic E-state index is 0.310. The minimum absolute atomic E-state index is 0.310. The van der Waals surface area contributed by atoms with Gasteiger partial charge in [0.15, 0.2) is 0 Å². The van der Waals surface area contributed by atoms with E-state index in [2.05, 4.69) is 52.3 Å². The van der Waals surface area contributed by atoms with E-state index in [1.165, 1.54) is 32.6 Å². The van der Waals surface area contributed by atoms with Crippen molar-refractivity contribution in [3.63, 3.8) is 0 Å². The summed E-state index contributed by atoms with van der Waals surface area (Å²) in [5.41, 5.74) is 8.97. The maximum atomic E-state index is 5.86. The molecule has 0 amide bonds. The second-order valence-electron chi connectivity index (χ2n) is 5.06. The van der Waals surface area contributed by atoms with Gasteiger partial charge in [0.2, 0.25) is 0 Å². The number of nitrogens with two attached hydrogens (primary N) is 1. The van der Waals surface area contributed by atoms with Crippen molar-refractivity contribution in [2.75, 3.05) is 6.54 Å². The van der Waals surface area contributed by atoms with Gasteiger partial charge in [0, 0.05) is 23.3 Å². The summed E-state index contributed by atoms with van der Waals surface area (Å²) >= 11 is 5.31. The van der Waals surface area contributed by atoms with Gasteiger partial charge in [-0.1, -0.05) is 24.3 Å². The molecule has 1 heterocycles. The van der Waals surface area contributed by atoms with Gasteiger partial charge in [0.25, 0.3) is 0 Å².